The Balaban J connectivity index is 1.97. The molecule has 1 aliphatic rings. The van der Waals surface area contributed by atoms with Crippen LogP contribution < -0.4 is 5.56 Å². The van der Waals surface area contributed by atoms with Crippen LogP contribution in [0.2, 0.25) is 25.7 Å². The first kappa shape index (κ1) is 19.0. The number of aromatic nitrogens is 1. The Labute approximate surface area is 146 Å². The highest BCUT2D eigenvalue weighted by Gasteiger charge is 2.21. The molecule has 0 N–H and O–H groups in total. The number of pyridine rings is 1. The predicted octanol–water partition coefficient (Wildman–Crippen LogP) is 4.02. The fourth-order valence-electron chi connectivity index (χ4n) is 3.18. The van der Waals surface area contributed by atoms with Gasteiger partial charge in [0.15, 0.2) is 0 Å². The molecule has 1 aliphatic carbocycles. The van der Waals surface area contributed by atoms with Crippen molar-refractivity contribution in [1.29, 1.82) is 0 Å². The van der Waals surface area contributed by atoms with E-state index in [1.54, 1.807) is 6.07 Å². The second-order valence-corrected chi connectivity index (χ2v) is 14.0. The summed E-state index contributed by atoms with van der Waals surface area (Å²) in [6.07, 6.45) is 6.37. The zero-order chi connectivity index (χ0) is 17.7. The third-order valence-corrected chi connectivity index (χ3v) is 6.59. The number of hydrogen-bond acceptors (Lipinski definition) is 3. The van der Waals surface area contributed by atoms with Gasteiger partial charge in [0, 0.05) is 25.9 Å². The molecule has 2 rings (SSSR count). The molecular formula is C19H31NO3Si. The third kappa shape index (κ3) is 5.62. The number of carbonyl (C=O) groups excluding carboxylic acids is 1. The molecule has 4 nitrogen and oxygen atoms in total. The minimum absolute atomic E-state index is 0.0285. The van der Waals surface area contributed by atoms with Crippen LogP contribution in [0.5, 0.6) is 0 Å². The highest BCUT2D eigenvalue weighted by molar-refractivity contribution is 6.76. The van der Waals surface area contributed by atoms with Gasteiger partial charge in [-0.2, -0.15) is 0 Å². The van der Waals surface area contributed by atoms with Gasteiger partial charge in [-0.25, -0.2) is 0 Å². The second-order valence-electron chi connectivity index (χ2n) is 8.37. The molecule has 1 fully saturated rings. The number of nitrogens with zero attached hydrogens (tertiary/aromatic N) is 1. The third-order valence-electron chi connectivity index (χ3n) is 4.88. The van der Waals surface area contributed by atoms with Crippen LogP contribution in [0, 0.1) is 5.92 Å². The van der Waals surface area contributed by atoms with Gasteiger partial charge in [0.05, 0.1) is 13.0 Å². The van der Waals surface area contributed by atoms with E-state index in [4.69, 9.17) is 4.74 Å². The van der Waals surface area contributed by atoms with E-state index < -0.39 is 8.07 Å². The molecule has 0 unspecified atom stereocenters. The Morgan fingerprint density at radius 2 is 1.92 bits per heavy atom. The van der Waals surface area contributed by atoms with Crippen LogP contribution in [0.25, 0.3) is 0 Å². The average molecular weight is 350 g/mol. The minimum Gasteiger partial charge on any atom is -0.466 e. The van der Waals surface area contributed by atoms with Crippen molar-refractivity contribution in [2.75, 3.05) is 6.61 Å². The van der Waals surface area contributed by atoms with Crippen LogP contribution in [-0.4, -0.2) is 25.2 Å². The fraction of sp³-hybridized carbons (Fsp3) is 0.684. The summed E-state index contributed by atoms with van der Waals surface area (Å²) in [5, 5.41) is 0. The maximum absolute atomic E-state index is 12.7. The summed E-state index contributed by atoms with van der Waals surface area (Å²) in [5.74, 6) is 0.460. The van der Waals surface area contributed by atoms with Crippen LogP contribution >= 0.6 is 0 Å². The van der Waals surface area contributed by atoms with E-state index in [1.165, 1.54) is 12.8 Å². The van der Waals surface area contributed by atoms with Gasteiger partial charge in [0.2, 0.25) is 0 Å². The first-order chi connectivity index (χ1) is 11.3. The molecule has 0 atom stereocenters. The van der Waals surface area contributed by atoms with E-state index in [9.17, 15) is 9.59 Å². The Kier molecular flexibility index (Phi) is 6.44. The van der Waals surface area contributed by atoms with Gasteiger partial charge in [-0.3, -0.25) is 9.59 Å². The standard InChI is InChI=1S/C19H31NO3Si/c1-15-7-9-17(10-8-15)20-11-5-6-16(19(20)22)14-18(21)23-12-13-24(2,3)4/h5-6,11,15,17H,7-10,12-14H2,1-4H3. The average Bonchev–Trinajstić information content (AvgIpc) is 2.49. The normalized spacial score (nSPS) is 21.5. The second kappa shape index (κ2) is 8.14. The van der Waals surface area contributed by atoms with Crippen LogP contribution in [0.15, 0.2) is 23.1 Å². The predicted molar refractivity (Wildman–Crippen MR) is 100 cm³/mol. The van der Waals surface area contributed by atoms with Crippen LogP contribution in [0.4, 0.5) is 0 Å². The molecule has 0 aromatic carbocycles. The zero-order valence-electron chi connectivity index (χ0n) is 15.5. The topological polar surface area (TPSA) is 48.3 Å². The monoisotopic (exact) mass is 349 g/mol. The Morgan fingerprint density at radius 3 is 2.54 bits per heavy atom. The molecule has 1 saturated carbocycles. The van der Waals surface area contributed by atoms with Crippen molar-refractivity contribution < 1.29 is 9.53 Å². The van der Waals surface area contributed by atoms with Crippen molar-refractivity contribution in [2.45, 2.75) is 70.8 Å². The molecule has 5 heteroatoms. The van der Waals surface area contributed by atoms with E-state index in [0.29, 0.717) is 12.2 Å². The molecular weight excluding hydrogens is 318 g/mol. The number of ether oxygens (including phenoxy) is 1. The smallest absolute Gasteiger partial charge is 0.310 e. The first-order valence-corrected chi connectivity index (χ1v) is 12.8. The van der Waals surface area contributed by atoms with Crippen molar-refractivity contribution in [1.82, 2.24) is 4.57 Å². The van der Waals surface area contributed by atoms with Crippen molar-refractivity contribution in [2.24, 2.45) is 5.92 Å². The van der Waals surface area contributed by atoms with Crippen LogP contribution in [-0.2, 0) is 16.0 Å². The lowest BCUT2D eigenvalue weighted by Crippen LogP contribution is -2.30. The van der Waals surface area contributed by atoms with Gasteiger partial charge < -0.3 is 9.30 Å². The molecule has 1 aromatic heterocycles. The molecule has 0 radical (unpaired) electrons. The van der Waals surface area contributed by atoms with Crippen molar-refractivity contribution in [3.63, 3.8) is 0 Å². The van der Waals surface area contributed by atoms with E-state index >= 15 is 0 Å². The van der Waals surface area contributed by atoms with Crippen LogP contribution in [0.1, 0.15) is 44.2 Å². The van der Waals surface area contributed by atoms with E-state index in [1.807, 2.05) is 16.8 Å². The fourth-order valence-corrected chi connectivity index (χ4v) is 3.89. The molecule has 1 heterocycles. The van der Waals surface area contributed by atoms with Gasteiger partial charge in [-0.1, -0.05) is 32.6 Å². The maximum atomic E-state index is 12.7. The summed E-state index contributed by atoms with van der Waals surface area (Å²) < 4.78 is 7.15. The Bertz CT molecular complexity index is 610. The first-order valence-electron chi connectivity index (χ1n) is 9.12. The number of hydrogen-bond donors (Lipinski definition) is 0. The van der Waals surface area contributed by atoms with Crippen LogP contribution in [0.3, 0.4) is 0 Å². The Hall–Kier alpha value is -1.36. The summed E-state index contributed by atoms with van der Waals surface area (Å²) in [5.41, 5.74) is 0.522. The molecule has 0 amide bonds. The largest absolute Gasteiger partial charge is 0.466 e. The lowest BCUT2D eigenvalue weighted by atomic mass is 9.87. The lowest BCUT2D eigenvalue weighted by molar-refractivity contribution is -0.142. The molecule has 134 valence electrons. The molecule has 0 bridgehead atoms. The Morgan fingerprint density at radius 1 is 1.25 bits per heavy atom. The molecule has 0 aliphatic heterocycles. The summed E-state index contributed by atoms with van der Waals surface area (Å²) in [6.45, 7) is 9.49. The highest BCUT2D eigenvalue weighted by Crippen LogP contribution is 2.30. The van der Waals surface area contributed by atoms with E-state index in [-0.39, 0.29) is 24.0 Å². The van der Waals surface area contributed by atoms with Crippen molar-refractivity contribution in [3.05, 3.63) is 34.2 Å². The quantitative estimate of drug-likeness (QED) is 0.575. The molecule has 1 aromatic rings. The maximum Gasteiger partial charge on any atom is 0.310 e. The van der Waals surface area contributed by atoms with Crippen molar-refractivity contribution >= 4 is 14.0 Å². The number of rotatable bonds is 6. The van der Waals surface area contributed by atoms with Crippen molar-refractivity contribution in [3.8, 4) is 0 Å². The summed E-state index contributed by atoms with van der Waals surface area (Å²) in [6, 6.07) is 4.86. The van der Waals surface area contributed by atoms with Gasteiger partial charge in [0.25, 0.3) is 5.56 Å². The minimum atomic E-state index is -1.21. The van der Waals surface area contributed by atoms with E-state index in [2.05, 4.69) is 26.6 Å². The van der Waals surface area contributed by atoms with E-state index in [0.717, 1.165) is 24.8 Å². The molecule has 0 spiro atoms. The zero-order valence-corrected chi connectivity index (χ0v) is 16.5. The summed E-state index contributed by atoms with van der Waals surface area (Å²) >= 11 is 0. The molecule has 0 saturated heterocycles. The molecule has 24 heavy (non-hydrogen) atoms. The van der Waals surface area contributed by atoms with Gasteiger partial charge >= 0.3 is 5.97 Å². The lowest BCUT2D eigenvalue weighted by Gasteiger charge is -2.28. The van der Waals surface area contributed by atoms with Gasteiger partial charge in [-0.05, 0) is 43.7 Å². The highest BCUT2D eigenvalue weighted by atomic mass is 28.3. The number of carbonyl (C=O) groups is 1. The summed E-state index contributed by atoms with van der Waals surface area (Å²) in [7, 11) is -1.21. The van der Waals surface area contributed by atoms with Gasteiger partial charge in [0.1, 0.15) is 0 Å². The van der Waals surface area contributed by atoms with Gasteiger partial charge in [-0.15, -0.1) is 0 Å². The SMILES string of the molecule is CC1CCC(n2cccc(CC(=O)OCC[Si](C)(C)C)c2=O)CC1. The number of esters is 1. The summed E-state index contributed by atoms with van der Waals surface area (Å²) in [4.78, 5) is 24.7.